The number of nitrogen functional groups attached to an aromatic ring is 1. The molecule has 0 unspecified atom stereocenters. The number of aromatic nitrogens is 4. The summed E-state index contributed by atoms with van der Waals surface area (Å²) in [7, 11) is 0. The Kier molecular flexibility index (Phi) is 2.62. The average molecular weight is 251 g/mol. The second-order valence-electron chi connectivity index (χ2n) is 4.24. The monoisotopic (exact) mass is 251 g/mol. The maximum absolute atomic E-state index is 9.87. The van der Waals surface area contributed by atoms with Crippen LogP contribution in [0.5, 0.6) is 0 Å². The number of H-pyrrole nitrogens is 1. The number of fused-ring (bicyclic) bond motifs is 1. The van der Waals surface area contributed by atoms with E-state index in [4.69, 9.17) is 15.6 Å². The van der Waals surface area contributed by atoms with E-state index in [0.717, 1.165) is 0 Å². The van der Waals surface area contributed by atoms with Crippen molar-refractivity contribution in [2.24, 2.45) is 0 Å². The van der Waals surface area contributed by atoms with E-state index in [2.05, 4.69) is 19.9 Å². The fraction of sp³-hybridized carbons (Fsp3) is 0.500. The van der Waals surface area contributed by atoms with Crippen molar-refractivity contribution in [3.05, 3.63) is 12.2 Å². The lowest BCUT2D eigenvalue weighted by atomic mass is 10.1. The van der Waals surface area contributed by atoms with E-state index < -0.39 is 12.2 Å². The van der Waals surface area contributed by atoms with Crippen molar-refractivity contribution in [3.8, 4) is 0 Å². The summed E-state index contributed by atoms with van der Waals surface area (Å²) in [5.41, 5.74) is 6.65. The molecule has 18 heavy (non-hydrogen) atoms. The molecule has 1 aliphatic heterocycles. The molecule has 3 atom stereocenters. The molecule has 96 valence electrons. The fourth-order valence-corrected chi connectivity index (χ4v) is 2.11. The average Bonchev–Trinajstić information content (AvgIpc) is 2.93. The van der Waals surface area contributed by atoms with Crippen molar-refractivity contribution >= 4 is 17.0 Å². The minimum atomic E-state index is -0.711. The number of hydrogen-bond acceptors (Lipinski definition) is 7. The summed E-state index contributed by atoms with van der Waals surface area (Å²) in [4.78, 5) is 15.0. The Morgan fingerprint density at radius 2 is 2.33 bits per heavy atom. The SMILES string of the molecule is Nc1ncnc2nc([C@@H]3O[C@H](CO)C[C@@H]3O)[nH]c12. The third-order valence-electron chi connectivity index (χ3n) is 3.00. The van der Waals surface area contributed by atoms with Gasteiger partial charge in [-0.25, -0.2) is 15.0 Å². The molecule has 3 heterocycles. The molecular weight excluding hydrogens is 238 g/mol. The molecule has 8 nitrogen and oxygen atoms in total. The smallest absolute Gasteiger partial charge is 0.183 e. The molecule has 1 fully saturated rings. The van der Waals surface area contributed by atoms with Crippen LogP contribution in [0.4, 0.5) is 5.82 Å². The second kappa shape index (κ2) is 4.16. The van der Waals surface area contributed by atoms with Crippen LogP contribution in [0.1, 0.15) is 18.3 Å². The number of nitrogens with one attached hydrogen (secondary N) is 1. The van der Waals surface area contributed by atoms with Gasteiger partial charge in [-0.1, -0.05) is 0 Å². The number of nitrogens with zero attached hydrogens (tertiary/aromatic N) is 3. The van der Waals surface area contributed by atoms with Gasteiger partial charge in [0.15, 0.2) is 11.5 Å². The summed E-state index contributed by atoms with van der Waals surface area (Å²) in [6.45, 7) is -0.129. The van der Waals surface area contributed by atoms with Gasteiger partial charge < -0.3 is 25.7 Å². The van der Waals surface area contributed by atoms with E-state index in [1.165, 1.54) is 6.33 Å². The lowest BCUT2D eigenvalue weighted by Gasteiger charge is -2.10. The number of imidazole rings is 1. The first kappa shape index (κ1) is 11.3. The number of hydrogen-bond donors (Lipinski definition) is 4. The number of aliphatic hydroxyl groups excluding tert-OH is 2. The summed E-state index contributed by atoms with van der Waals surface area (Å²) < 4.78 is 5.50. The van der Waals surface area contributed by atoms with Gasteiger partial charge in [-0.2, -0.15) is 0 Å². The molecule has 3 rings (SSSR count). The first-order chi connectivity index (χ1) is 8.69. The highest BCUT2D eigenvalue weighted by molar-refractivity contribution is 5.81. The largest absolute Gasteiger partial charge is 0.394 e. The number of aromatic amines is 1. The molecule has 2 aromatic rings. The van der Waals surface area contributed by atoms with Crippen molar-refractivity contribution in [2.45, 2.75) is 24.7 Å². The van der Waals surface area contributed by atoms with Crippen LogP contribution >= 0.6 is 0 Å². The Bertz CT molecular complexity index is 572. The minimum absolute atomic E-state index is 0.129. The zero-order chi connectivity index (χ0) is 12.7. The Morgan fingerprint density at radius 3 is 3.00 bits per heavy atom. The number of rotatable bonds is 2. The van der Waals surface area contributed by atoms with E-state index >= 15 is 0 Å². The molecular formula is C10H13N5O3. The highest BCUT2D eigenvalue weighted by atomic mass is 16.5. The first-order valence-electron chi connectivity index (χ1n) is 5.59. The second-order valence-corrected chi connectivity index (χ2v) is 4.24. The number of anilines is 1. The molecule has 0 bridgehead atoms. The third kappa shape index (κ3) is 1.70. The zero-order valence-electron chi connectivity index (χ0n) is 9.45. The Balaban J connectivity index is 1.97. The highest BCUT2D eigenvalue weighted by Gasteiger charge is 2.36. The maximum atomic E-state index is 9.87. The van der Waals surface area contributed by atoms with Crippen LogP contribution < -0.4 is 5.73 Å². The molecule has 0 amide bonds. The Morgan fingerprint density at radius 1 is 1.50 bits per heavy atom. The van der Waals surface area contributed by atoms with Gasteiger partial charge in [0.05, 0.1) is 18.8 Å². The van der Waals surface area contributed by atoms with E-state index in [1.54, 1.807) is 0 Å². The van der Waals surface area contributed by atoms with Gasteiger partial charge in [-0.15, -0.1) is 0 Å². The summed E-state index contributed by atoms with van der Waals surface area (Å²) in [5.74, 6) is 0.741. The van der Waals surface area contributed by atoms with Crippen LogP contribution in [0.15, 0.2) is 6.33 Å². The lowest BCUT2D eigenvalue weighted by Crippen LogP contribution is -2.13. The van der Waals surface area contributed by atoms with Gasteiger partial charge in [0.2, 0.25) is 0 Å². The van der Waals surface area contributed by atoms with Crippen molar-refractivity contribution in [1.82, 2.24) is 19.9 Å². The van der Waals surface area contributed by atoms with Crippen molar-refractivity contribution in [2.75, 3.05) is 12.3 Å². The van der Waals surface area contributed by atoms with Gasteiger partial charge >= 0.3 is 0 Å². The van der Waals surface area contributed by atoms with Crippen LogP contribution in [-0.2, 0) is 4.74 Å². The van der Waals surface area contributed by atoms with Gasteiger partial charge in [0.1, 0.15) is 23.8 Å². The standard InChI is InChI=1S/C10H13N5O3/c11-8-6-9(13-3-12-8)15-10(14-6)7-5(17)1-4(2-16)18-7/h3-5,7,16-17H,1-2H2,(H3,11,12,13,14,15)/t4-,5-,7+/m0/s1. The summed E-state index contributed by atoms with van der Waals surface area (Å²) in [5, 5.41) is 18.9. The molecule has 5 N–H and O–H groups in total. The summed E-state index contributed by atoms with van der Waals surface area (Å²) >= 11 is 0. The minimum Gasteiger partial charge on any atom is -0.394 e. The van der Waals surface area contributed by atoms with Gasteiger partial charge in [-0.3, -0.25) is 0 Å². The van der Waals surface area contributed by atoms with Gasteiger partial charge in [0, 0.05) is 6.42 Å². The highest BCUT2D eigenvalue weighted by Crippen LogP contribution is 2.32. The van der Waals surface area contributed by atoms with Crippen LogP contribution in [0, 0.1) is 0 Å². The lowest BCUT2D eigenvalue weighted by molar-refractivity contribution is -0.0146. The summed E-state index contributed by atoms with van der Waals surface area (Å²) in [6, 6.07) is 0. The van der Waals surface area contributed by atoms with Crippen molar-refractivity contribution < 1.29 is 14.9 Å². The van der Waals surface area contributed by atoms with Crippen molar-refractivity contribution in [1.29, 1.82) is 0 Å². The molecule has 0 radical (unpaired) electrons. The maximum Gasteiger partial charge on any atom is 0.183 e. The molecule has 1 aliphatic rings. The van der Waals surface area contributed by atoms with E-state index in [9.17, 15) is 5.11 Å². The predicted octanol–water partition coefficient (Wildman–Crippen LogP) is -0.882. The van der Waals surface area contributed by atoms with E-state index in [0.29, 0.717) is 29.2 Å². The molecule has 0 saturated carbocycles. The van der Waals surface area contributed by atoms with Crippen LogP contribution in [0.2, 0.25) is 0 Å². The van der Waals surface area contributed by atoms with Gasteiger partial charge in [0.25, 0.3) is 0 Å². The number of nitrogens with two attached hydrogens (primary N) is 1. The molecule has 1 saturated heterocycles. The number of ether oxygens (including phenoxy) is 1. The van der Waals surface area contributed by atoms with Crippen molar-refractivity contribution in [3.63, 3.8) is 0 Å². The fourth-order valence-electron chi connectivity index (χ4n) is 2.11. The summed E-state index contributed by atoms with van der Waals surface area (Å²) in [6.07, 6.45) is 0.0127. The molecule has 0 aliphatic carbocycles. The Hall–Kier alpha value is -1.77. The molecule has 2 aromatic heterocycles. The van der Waals surface area contributed by atoms with Crippen LogP contribution in [0.3, 0.4) is 0 Å². The van der Waals surface area contributed by atoms with E-state index in [-0.39, 0.29) is 12.7 Å². The van der Waals surface area contributed by atoms with Crippen LogP contribution in [0.25, 0.3) is 11.2 Å². The topological polar surface area (TPSA) is 130 Å². The predicted molar refractivity (Wildman–Crippen MR) is 61.4 cm³/mol. The van der Waals surface area contributed by atoms with E-state index in [1.807, 2.05) is 0 Å². The normalized spacial score (nSPS) is 28.0. The molecule has 0 spiro atoms. The quantitative estimate of drug-likeness (QED) is 0.545. The third-order valence-corrected chi connectivity index (χ3v) is 3.00. The zero-order valence-corrected chi connectivity index (χ0v) is 9.45. The Labute approximate surface area is 102 Å². The number of aliphatic hydroxyl groups is 2. The molecule has 0 aromatic carbocycles. The first-order valence-corrected chi connectivity index (χ1v) is 5.59. The van der Waals surface area contributed by atoms with Crippen LogP contribution in [-0.4, -0.2) is 49.0 Å². The molecule has 8 heteroatoms. The van der Waals surface area contributed by atoms with Gasteiger partial charge in [-0.05, 0) is 0 Å².